The van der Waals surface area contributed by atoms with Crippen molar-refractivity contribution >= 4 is 27.5 Å². The predicted molar refractivity (Wildman–Crippen MR) is 87.7 cm³/mol. The first-order valence-corrected chi connectivity index (χ1v) is 7.46. The molecule has 0 aliphatic heterocycles. The molecule has 2 rings (SSSR count). The zero-order valence-electron chi connectivity index (χ0n) is 11.7. The zero-order valence-corrected chi connectivity index (χ0v) is 14.0. The molecule has 0 aliphatic carbocycles. The van der Waals surface area contributed by atoms with E-state index < -0.39 is 0 Å². The van der Waals surface area contributed by atoms with Crippen LogP contribution in [0.2, 0.25) is 5.02 Å². The summed E-state index contributed by atoms with van der Waals surface area (Å²) in [7, 11) is 1.68. The van der Waals surface area contributed by atoms with Crippen LogP contribution in [-0.4, -0.2) is 7.11 Å². The summed E-state index contributed by atoms with van der Waals surface area (Å²) in [4.78, 5) is 0. The number of rotatable bonds is 3. The highest BCUT2D eigenvalue weighted by Gasteiger charge is 2.16. The Kier molecular flexibility index (Phi) is 4.74. The average molecular weight is 355 g/mol. The minimum atomic E-state index is -0.203. The SMILES string of the molecule is COc1cc(C)c(C(N)c2ccc(Cl)cc2Br)cc1C. The topological polar surface area (TPSA) is 35.2 Å². The second kappa shape index (κ2) is 6.17. The van der Waals surface area contributed by atoms with Gasteiger partial charge in [0.25, 0.3) is 0 Å². The molecule has 0 aromatic heterocycles. The van der Waals surface area contributed by atoms with Crippen LogP contribution in [0.1, 0.15) is 28.3 Å². The molecular weight excluding hydrogens is 338 g/mol. The Morgan fingerprint density at radius 1 is 1.10 bits per heavy atom. The van der Waals surface area contributed by atoms with Gasteiger partial charge in [-0.25, -0.2) is 0 Å². The number of ether oxygens (including phenoxy) is 1. The Bertz CT molecular complexity index is 643. The van der Waals surface area contributed by atoms with Gasteiger partial charge < -0.3 is 10.5 Å². The average Bonchev–Trinajstić information content (AvgIpc) is 2.40. The van der Waals surface area contributed by atoms with Crippen LogP contribution in [-0.2, 0) is 0 Å². The van der Waals surface area contributed by atoms with Gasteiger partial charge in [-0.2, -0.15) is 0 Å². The highest BCUT2D eigenvalue weighted by molar-refractivity contribution is 9.10. The fourth-order valence-corrected chi connectivity index (χ4v) is 3.22. The molecular formula is C16H17BrClNO. The van der Waals surface area contributed by atoms with E-state index in [4.69, 9.17) is 22.1 Å². The van der Waals surface area contributed by atoms with Crippen molar-refractivity contribution in [3.8, 4) is 5.75 Å². The van der Waals surface area contributed by atoms with Gasteiger partial charge in [0.15, 0.2) is 0 Å². The molecule has 0 radical (unpaired) electrons. The predicted octanol–water partition coefficient (Wildman–Crippen LogP) is 4.78. The van der Waals surface area contributed by atoms with Crippen LogP contribution in [0.25, 0.3) is 0 Å². The van der Waals surface area contributed by atoms with E-state index in [1.165, 1.54) is 0 Å². The van der Waals surface area contributed by atoms with E-state index >= 15 is 0 Å². The Morgan fingerprint density at radius 2 is 1.80 bits per heavy atom. The summed E-state index contributed by atoms with van der Waals surface area (Å²) in [6.45, 7) is 4.06. The molecule has 1 atom stereocenters. The van der Waals surface area contributed by atoms with Gasteiger partial charge in [0.2, 0.25) is 0 Å². The molecule has 1 unspecified atom stereocenters. The van der Waals surface area contributed by atoms with Crippen LogP contribution in [0.15, 0.2) is 34.8 Å². The summed E-state index contributed by atoms with van der Waals surface area (Å²) in [5, 5.41) is 0.690. The van der Waals surface area contributed by atoms with Crippen molar-refractivity contribution in [2.45, 2.75) is 19.9 Å². The molecule has 2 N–H and O–H groups in total. The lowest BCUT2D eigenvalue weighted by Crippen LogP contribution is -2.14. The summed E-state index contributed by atoms with van der Waals surface area (Å²) in [6.07, 6.45) is 0. The van der Waals surface area contributed by atoms with Crippen molar-refractivity contribution in [3.05, 3.63) is 62.1 Å². The Balaban J connectivity index is 2.48. The van der Waals surface area contributed by atoms with Gasteiger partial charge in [-0.1, -0.05) is 39.7 Å². The van der Waals surface area contributed by atoms with Crippen LogP contribution >= 0.6 is 27.5 Å². The third kappa shape index (κ3) is 3.00. The first kappa shape index (κ1) is 15.4. The normalized spacial score (nSPS) is 12.3. The quantitative estimate of drug-likeness (QED) is 0.861. The summed E-state index contributed by atoms with van der Waals surface area (Å²) < 4.78 is 6.26. The van der Waals surface area contributed by atoms with E-state index in [0.717, 1.165) is 32.5 Å². The van der Waals surface area contributed by atoms with E-state index in [1.54, 1.807) is 7.11 Å². The highest BCUT2D eigenvalue weighted by atomic mass is 79.9. The van der Waals surface area contributed by atoms with Crippen LogP contribution < -0.4 is 10.5 Å². The van der Waals surface area contributed by atoms with E-state index in [-0.39, 0.29) is 6.04 Å². The van der Waals surface area contributed by atoms with E-state index in [2.05, 4.69) is 22.0 Å². The maximum atomic E-state index is 6.41. The summed E-state index contributed by atoms with van der Waals surface area (Å²) in [6, 6.07) is 9.58. The number of nitrogens with two attached hydrogens (primary N) is 1. The maximum Gasteiger partial charge on any atom is 0.122 e. The molecule has 4 heteroatoms. The highest BCUT2D eigenvalue weighted by Crippen LogP contribution is 2.33. The van der Waals surface area contributed by atoms with Crippen molar-refractivity contribution in [1.82, 2.24) is 0 Å². The third-order valence-corrected chi connectivity index (χ3v) is 4.34. The molecule has 0 heterocycles. The number of benzene rings is 2. The lowest BCUT2D eigenvalue weighted by atomic mass is 9.94. The minimum absolute atomic E-state index is 0.203. The molecule has 2 aromatic carbocycles. The van der Waals surface area contributed by atoms with Gasteiger partial charge in [0.1, 0.15) is 5.75 Å². The van der Waals surface area contributed by atoms with Crippen molar-refractivity contribution in [2.75, 3.05) is 7.11 Å². The van der Waals surface area contributed by atoms with Crippen LogP contribution in [0.3, 0.4) is 0 Å². The largest absolute Gasteiger partial charge is 0.496 e. The lowest BCUT2D eigenvalue weighted by molar-refractivity contribution is 0.411. The summed E-state index contributed by atoms with van der Waals surface area (Å²) in [5.74, 6) is 0.883. The van der Waals surface area contributed by atoms with Crippen molar-refractivity contribution in [1.29, 1.82) is 0 Å². The molecule has 0 saturated carbocycles. The van der Waals surface area contributed by atoms with Gasteiger partial charge >= 0.3 is 0 Å². The molecule has 0 aliphatic rings. The number of hydrogen-bond acceptors (Lipinski definition) is 2. The molecule has 0 saturated heterocycles. The van der Waals surface area contributed by atoms with Gasteiger partial charge in [0, 0.05) is 9.50 Å². The van der Waals surface area contributed by atoms with Gasteiger partial charge in [0.05, 0.1) is 13.2 Å². The van der Waals surface area contributed by atoms with Crippen molar-refractivity contribution in [2.24, 2.45) is 5.73 Å². The molecule has 0 bridgehead atoms. The third-order valence-electron chi connectivity index (χ3n) is 3.42. The fraction of sp³-hybridized carbons (Fsp3) is 0.250. The van der Waals surface area contributed by atoms with Crippen molar-refractivity contribution in [3.63, 3.8) is 0 Å². The van der Waals surface area contributed by atoms with Crippen LogP contribution in [0.4, 0.5) is 0 Å². The Hall–Kier alpha value is -1.03. The number of methoxy groups -OCH3 is 1. The molecule has 20 heavy (non-hydrogen) atoms. The van der Waals surface area contributed by atoms with Crippen LogP contribution in [0, 0.1) is 13.8 Å². The zero-order chi connectivity index (χ0) is 14.9. The smallest absolute Gasteiger partial charge is 0.122 e. The van der Waals surface area contributed by atoms with Crippen molar-refractivity contribution < 1.29 is 4.74 Å². The van der Waals surface area contributed by atoms with Gasteiger partial charge in [-0.15, -0.1) is 0 Å². The fourth-order valence-electron chi connectivity index (χ4n) is 2.29. The van der Waals surface area contributed by atoms with Gasteiger partial charge in [-0.3, -0.25) is 0 Å². The molecule has 0 fully saturated rings. The number of aryl methyl sites for hydroxylation is 2. The van der Waals surface area contributed by atoms with E-state index in [0.29, 0.717) is 5.02 Å². The summed E-state index contributed by atoms with van der Waals surface area (Å²) >= 11 is 9.50. The minimum Gasteiger partial charge on any atom is -0.496 e. The first-order chi connectivity index (χ1) is 9.43. The molecule has 0 amide bonds. The van der Waals surface area contributed by atoms with E-state index in [1.807, 2.05) is 38.1 Å². The molecule has 0 spiro atoms. The Morgan fingerprint density at radius 3 is 2.40 bits per heavy atom. The first-order valence-electron chi connectivity index (χ1n) is 6.29. The number of hydrogen-bond donors (Lipinski definition) is 1. The second-order valence-corrected chi connectivity index (χ2v) is 6.11. The van der Waals surface area contributed by atoms with Crippen LogP contribution in [0.5, 0.6) is 5.75 Å². The van der Waals surface area contributed by atoms with Gasteiger partial charge in [-0.05, 0) is 54.3 Å². The van der Waals surface area contributed by atoms with E-state index in [9.17, 15) is 0 Å². The maximum absolute atomic E-state index is 6.41. The standard InChI is InChI=1S/C16H17BrClNO/c1-9-7-15(20-3)10(2)6-13(9)16(19)12-5-4-11(18)8-14(12)17/h4-8,16H,19H2,1-3H3. The lowest BCUT2D eigenvalue weighted by Gasteiger charge is -2.19. The molecule has 106 valence electrons. The monoisotopic (exact) mass is 353 g/mol. The second-order valence-electron chi connectivity index (χ2n) is 4.82. The molecule has 2 nitrogen and oxygen atoms in total. The molecule has 2 aromatic rings. The Labute approximate surface area is 133 Å². The summed E-state index contributed by atoms with van der Waals surface area (Å²) in [5.41, 5.74) is 10.7. The number of halogens is 2.